The summed E-state index contributed by atoms with van der Waals surface area (Å²) in [5, 5.41) is 19.4. The molecular formula is C12H10FN3O2. The maximum absolute atomic E-state index is 13.2. The van der Waals surface area contributed by atoms with E-state index in [-0.39, 0.29) is 30.9 Å². The van der Waals surface area contributed by atoms with Crippen molar-refractivity contribution < 1.29 is 13.9 Å². The van der Waals surface area contributed by atoms with Crippen LogP contribution in [0.1, 0.15) is 12.0 Å². The summed E-state index contributed by atoms with van der Waals surface area (Å²) in [7, 11) is 0. The molecule has 5 nitrogen and oxygen atoms in total. The molecule has 0 aliphatic carbocycles. The molecule has 1 aromatic carbocycles. The van der Waals surface area contributed by atoms with Gasteiger partial charge in [-0.1, -0.05) is 6.07 Å². The Balaban J connectivity index is 2.54. The first-order valence-corrected chi connectivity index (χ1v) is 5.14. The van der Waals surface area contributed by atoms with E-state index in [2.05, 4.69) is 5.32 Å². The Morgan fingerprint density at radius 2 is 2.22 bits per heavy atom. The van der Waals surface area contributed by atoms with Crippen molar-refractivity contribution >= 4 is 5.91 Å². The molecule has 0 saturated heterocycles. The lowest BCUT2D eigenvalue weighted by atomic mass is 10.2. The van der Waals surface area contributed by atoms with E-state index in [9.17, 15) is 9.18 Å². The zero-order chi connectivity index (χ0) is 13.4. The number of halogens is 1. The van der Waals surface area contributed by atoms with Gasteiger partial charge in [0.15, 0.2) is 6.61 Å². The van der Waals surface area contributed by atoms with Gasteiger partial charge in [-0.3, -0.25) is 4.79 Å². The molecule has 1 amide bonds. The van der Waals surface area contributed by atoms with E-state index in [1.54, 1.807) is 6.07 Å². The van der Waals surface area contributed by atoms with Crippen molar-refractivity contribution in [3.63, 3.8) is 0 Å². The number of rotatable bonds is 5. The third kappa shape index (κ3) is 3.76. The van der Waals surface area contributed by atoms with Crippen LogP contribution in [0.15, 0.2) is 18.2 Å². The lowest BCUT2D eigenvalue weighted by Gasteiger charge is -2.07. The van der Waals surface area contributed by atoms with E-state index < -0.39 is 11.7 Å². The molecule has 0 atom stereocenters. The largest absolute Gasteiger partial charge is 0.482 e. The van der Waals surface area contributed by atoms with Gasteiger partial charge in [0.1, 0.15) is 23.2 Å². The third-order valence-electron chi connectivity index (χ3n) is 2.00. The van der Waals surface area contributed by atoms with Crippen molar-refractivity contribution in [2.24, 2.45) is 0 Å². The summed E-state index contributed by atoms with van der Waals surface area (Å²) in [6.07, 6.45) is 0.204. The highest BCUT2D eigenvalue weighted by Crippen LogP contribution is 2.19. The van der Waals surface area contributed by atoms with Gasteiger partial charge in [-0.05, 0) is 12.1 Å². The van der Waals surface area contributed by atoms with Gasteiger partial charge >= 0.3 is 0 Å². The van der Waals surface area contributed by atoms with Gasteiger partial charge < -0.3 is 10.1 Å². The van der Waals surface area contributed by atoms with Gasteiger partial charge in [0.2, 0.25) is 0 Å². The minimum absolute atomic E-state index is 0.0212. The number of hydrogen-bond donors (Lipinski definition) is 1. The summed E-state index contributed by atoms with van der Waals surface area (Å²) < 4.78 is 18.2. The van der Waals surface area contributed by atoms with E-state index in [4.69, 9.17) is 15.3 Å². The first-order valence-electron chi connectivity index (χ1n) is 5.14. The van der Waals surface area contributed by atoms with Crippen LogP contribution in [-0.4, -0.2) is 19.1 Å². The van der Waals surface area contributed by atoms with Gasteiger partial charge in [-0.15, -0.1) is 0 Å². The second kappa shape index (κ2) is 6.87. The Morgan fingerprint density at radius 3 is 2.89 bits per heavy atom. The SMILES string of the molecule is N#CCCNC(=O)COc1cccc(F)c1C#N. The average Bonchev–Trinajstić information content (AvgIpc) is 2.36. The summed E-state index contributed by atoms with van der Waals surface area (Å²) in [5.74, 6) is -1.11. The van der Waals surface area contributed by atoms with Gasteiger partial charge in [-0.25, -0.2) is 4.39 Å². The quantitative estimate of drug-likeness (QED) is 0.789. The third-order valence-corrected chi connectivity index (χ3v) is 2.00. The van der Waals surface area contributed by atoms with Gasteiger partial charge in [0.05, 0.1) is 12.5 Å². The first-order chi connectivity index (χ1) is 8.69. The molecule has 0 heterocycles. The lowest BCUT2D eigenvalue weighted by molar-refractivity contribution is -0.123. The van der Waals surface area contributed by atoms with Crippen LogP contribution in [0.5, 0.6) is 5.75 Å². The summed E-state index contributed by atoms with van der Waals surface area (Å²) in [6, 6.07) is 7.47. The highest BCUT2D eigenvalue weighted by Gasteiger charge is 2.10. The molecule has 0 aliphatic heterocycles. The van der Waals surface area contributed by atoms with Crippen molar-refractivity contribution in [1.29, 1.82) is 10.5 Å². The van der Waals surface area contributed by atoms with Crippen LogP contribution in [0.3, 0.4) is 0 Å². The topological polar surface area (TPSA) is 85.9 Å². The minimum Gasteiger partial charge on any atom is -0.482 e. The molecule has 0 saturated carbocycles. The van der Waals surface area contributed by atoms with E-state index in [1.807, 2.05) is 6.07 Å². The predicted octanol–water partition coefficient (Wildman–Crippen LogP) is 1.11. The summed E-state index contributed by atoms with van der Waals surface area (Å²) in [5.41, 5.74) is -0.234. The fraction of sp³-hybridized carbons (Fsp3) is 0.250. The van der Waals surface area contributed by atoms with Crippen molar-refractivity contribution in [2.75, 3.05) is 13.2 Å². The van der Waals surface area contributed by atoms with E-state index in [0.717, 1.165) is 6.07 Å². The highest BCUT2D eigenvalue weighted by molar-refractivity contribution is 5.77. The second-order valence-corrected chi connectivity index (χ2v) is 3.27. The molecular weight excluding hydrogens is 237 g/mol. The Morgan fingerprint density at radius 1 is 1.44 bits per heavy atom. The Labute approximate surface area is 103 Å². The number of ether oxygens (including phenoxy) is 1. The normalized spacial score (nSPS) is 9.06. The van der Waals surface area contributed by atoms with E-state index >= 15 is 0 Å². The summed E-state index contributed by atoms with van der Waals surface area (Å²) in [4.78, 5) is 11.3. The van der Waals surface area contributed by atoms with Crippen molar-refractivity contribution in [1.82, 2.24) is 5.32 Å². The molecule has 1 aromatic rings. The molecule has 0 bridgehead atoms. The smallest absolute Gasteiger partial charge is 0.257 e. The van der Waals surface area contributed by atoms with Crippen molar-refractivity contribution in [3.05, 3.63) is 29.6 Å². The Kier molecular flexibility index (Phi) is 5.14. The van der Waals surface area contributed by atoms with Gasteiger partial charge in [-0.2, -0.15) is 10.5 Å². The van der Waals surface area contributed by atoms with Crippen molar-refractivity contribution in [3.8, 4) is 17.9 Å². The monoisotopic (exact) mass is 247 g/mol. The van der Waals surface area contributed by atoms with Gasteiger partial charge in [0, 0.05) is 6.54 Å². The zero-order valence-electron chi connectivity index (χ0n) is 9.44. The van der Waals surface area contributed by atoms with Gasteiger partial charge in [0.25, 0.3) is 5.91 Å². The standard InChI is InChI=1S/C12H10FN3O2/c13-10-3-1-4-11(9(10)7-15)18-8-12(17)16-6-2-5-14/h1,3-4H,2,6,8H2,(H,16,17). The Hall–Kier alpha value is -2.60. The first kappa shape index (κ1) is 13.5. The molecule has 0 spiro atoms. The summed E-state index contributed by atoms with van der Waals surface area (Å²) >= 11 is 0. The van der Waals surface area contributed by atoms with Crippen LogP contribution in [0.4, 0.5) is 4.39 Å². The Bertz CT molecular complexity index is 517. The fourth-order valence-electron chi connectivity index (χ4n) is 1.19. The number of nitrogens with one attached hydrogen (secondary N) is 1. The van der Waals surface area contributed by atoms with E-state index in [1.165, 1.54) is 12.1 Å². The lowest BCUT2D eigenvalue weighted by Crippen LogP contribution is -2.29. The van der Waals surface area contributed by atoms with Crippen molar-refractivity contribution in [2.45, 2.75) is 6.42 Å². The molecule has 18 heavy (non-hydrogen) atoms. The number of amides is 1. The number of carbonyl (C=O) groups excluding carboxylic acids is 1. The van der Waals surface area contributed by atoms with Crippen LogP contribution >= 0.6 is 0 Å². The molecule has 0 aliphatic rings. The predicted molar refractivity (Wildman–Crippen MR) is 59.8 cm³/mol. The summed E-state index contributed by atoms with van der Waals surface area (Å²) in [6.45, 7) is -0.101. The maximum Gasteiger partial charge on any atom is 0.257 e. The van der Waals surface area contributed by atoms with Crippen LogP contribution in [0.2, 0.25) is 0 Å². The molecule has 92 valence electrons. The maximum atomic E-state index is 13.2. The molecule has 1 rings (SSSR count). The number of benzene rings is 1. The minimum atomic E-state index is -0.695. The van der Waals surface area contributed by atoms with Crippen LogP contribution in [0.25, 0.3) is 0 Å². The van der Waals surface area contributed by atoms with Crippen LogP contribution < -0.4 is 10.1 Å². The number of hydrogen-bond acceptors (Lipinski definition) is 4. The molecule has 0 fully saturated rings. The molecule has 6 heteroatoms. The molecule has 0 aromatic heterocycles. The number of nitrogens with zero attached hydrogens (tertiary/aromatic N) is 2. The fourth-order valence-corrected chi connectivity index (χ4v) is 1.19. The highest BCUT2D eigenvalue weighted by atomic mass is 19.1. The zero-order valence-corrected chi connectivity index (χ0v) is 9.44. The van der Waals surface area contributed by atoms with E-state index in [0.29, 0.717) is 0 Å². The average molecular weight is 247 g/mol. The van der Waals surface area contributed by atoms with Crippen LogP contribution in [0, 0.1) is 28.5 Å². The number of carbonyl (C=O) groups is 1. The second-order valence-electron chi connectivity index (χ2n) is 3.27. The molecule has 0 radical (unpaired) electrons. The van der Waals surface area contributed by atoms with Crippen LogP contribution in [-0.2, 0) is 4.79 Å². The number of nitriles is 2. The molecule has 1 N–H and O–H groups in total. The molecule has 0 unspecified atom stereocenters.